The zero-order chi connectivity index (χ0) is 25.8. The number of nitrogens with zero attached hydrogens (tertiary/aromatic N) is 1. The van der Waals surface area contributed by atoms with Crippen LogP contribution in [-0.2, 0) is 22.7 Å². The number of aliphatic hydroxyl groups excluding tert-OH is 1. The van der Waals surface area contributed by atoms with Crippen LogP contribution >= 0.6 is 0 Å². The van der Waals surface area contributed by atoms with Crippen molar-refractivity contribution in [2.45, 2.75) is 13.2 Å². The largest absolute Gasteiger partial charge is 0.507 e. The fraction of sp³-hybridized carbons (Fsp3) is 0.0741. The minimum atomic E-state index is -1.79. The highest BCUT2D eigenvalue weighted by Gasteiger charge is 2.17. The fourth-order valence-corrected chi connectivity index (χ4v) is 3.58. The molecule has 36 heavy (non-hydrogen) atoms. The van der Waals surface area contributed by atoms with Gasteiger partial charge in [-0.05, 0) is 53.6 Å². The van der Waals surface area contributed by atoms with Crippen LogP contribution in [0.3, 0.4) is 0 Å². The highest BCUT2D eigenvalue weighted by molar-refractivity contribution is 6.38. The standard InChI is InChI=1S/C27H19F2NO6/c28-18-5-1-16(2-6-18)13-30-14-22(24(31)12-25(32)27(34)35)26(33)21-11-20(9-10-23(21)30)36-15-17-3-7-19(29)8-4-17/h1-12,14,31H,13,15H2,(H,34,35)/b24-12-. The Morgan fingerprint density at radius 3 is 2.11 bits per heavy atom. The van der Waals surface area contributed by atoms with Crippen LogP contribution < -0.4 is 10.2 Å². The quantitative estimate of drug-likeness (QED) is 0.214. The number of carboxylic acids is 1. The van der Waals surface area contributed by atoms with E-state index in [9.17, 15) is 28.3 Å². The summed E-state index contributed by atoms with van der Waals surface area (Å²) in [5.74, 6) is -4.47. The second-order valence-electron chi connectivity index (χ2n) is 7.92. The van der Waals surface area contributed by atoms with Gasteiger partial charge in [-0.25, -0.2) is 13.6 Å². The van der Waals surface area contributed by atoms with Crippen LogP contribution in [0.2, 0.25) is 0 Å². The van der Waals surface area contributed by atoms with E-state index in [0.717, 1.165) is 0 Å². The lowest BCUT2D eigenvalue weighted by molar-refractivity contribution is -0.146. The number of halogens is 2. The van der Waals surface area contributed by atoms with E-state index in [4.69, 9.17) is 9.84 Å². The molecule has 0 fully saturated rings. The number of fused-ring (bicyclic) bond motifs is 1. The molecule has 4 aromatic rings. The average molecular weight is 491 g/mol. The predicted molar refractivity (Wildman–Crippen MR) is 128 cm³/mol. The first-order valence-electron chi connectivity index (χ1n) is 10.7. The third-order valence-electron chi connectivity index (χ3n) is 5.39. The predicted octanol–water partition coefficient (Wildman–Crippen LogP) is 4.46. The van der Waals surface area contributed by atoms with Crippen molar-refractivity contribution in [2.24, 2.45) is 0 Å². The number of benzene rings is 3. The summed E-state index contributed by atoms with van der Waals surface area (Å²) >= 11 is 0. The molecule has 0 aliphatic carbocycles. The average Bonchev–Trinajstić information content (AvgIpc) is 2.86. The number of rotatable bonds is 8. The molecule has 0 aliphatic rings. The SMILES string of the molecule is O=C(O)C(=O)/C=C(\O)c1cn(Cc2ccc(F)cc2)c2ccc(OCc3ccc(F)cc3)cc2c1=O. The molecular weight excluding hydrogens is 472 g/mol. The molecule has 3 aromatic carbocycles. The first kappa shape index (κ1) is 24.3. The number of pyridine rings is 1. The molecule has 0 amide bonds. The van der Waals surface area contributed by atoms with Crippen LogP contribution in [-0.4, -0.2) is 26.5 Å². The number of carbonyl (C=O) groups excluding carboxylic acids is 1. The second kappa shape index (κ2) is 10.2. The van der Waals surface area contributed by atoms with Crippen molar-refractivity contribution in [3.63, 3.8) is 0 Å². The maximum absolute atomic E-state index is 13.3. The number of aliphatic carboxylic acids is 1. The number of carboxylic acid groups (broad SMARTS) is 1. The molecule has 0 bridgehead atoms. The van der Waals surface area contributed by atoms with Gasteiger partial charge in [0.05, 0.1) is 16.5 Å². The van der Waals surface area contributed by atoms with Crippen LogP contribution in [0.25, 0.3) is 16.7 Å². The van der Waals surface area contributed by atoms with Gasteiger partial charge in [-0.1, -0.05) is 24.3 Å². The van der Waals surface area contributed by atoms with Crippen molar-refractivity contribution in [3.05, 3.63) is 118 Å². The van der Waals surface area contributed by atoms with E-state index in [2.05, 4.69) is 0 Å². The van der Waals surface area contributed by atoms with Crippen LogP contribution in [0, 0.1) is 11.6 Å². The van der Waals surface area contributed by atoms with Crippen molar-refractivity contribution < 1.29 is 33.3 Å². The molecule has 7 nitrogen and oxygen atoms in total. The maximum atomic E-state index is 13.3. The zero-order valence-electron chi connectivity index (χ0n) is 18.7. The van der Waals surface area contributed by atoms with Crippen molar-refractivity contribution in [3.8, 4) is 5.75 Å². The number of aromatic nitrogens is 1. The Bertz CT molecular complexity index is 1540. The van der Waals surface area contributed by atoms with E-state index in [1.54, 1.807) is 41.0 Å². The normalized spacial score (nSPS) is 11.4. The molecular formula is C27H19F2NO6. The van der Waals surface area contributed by atoms with Gasteiger partial charge in [-0.15, -0.1) is 0 Å². The van der Waals surface area contributed by atoms with E-state index in [1.807, 2.05) is 0 Å². The van der Waals surface area contributed by atoms with Crippen molar-refractivity contribution in [1.82, 2.24) is 4.57 Å². The third kappa shape index (κ3) is 5.47. The lowest BCUT2D eigenvalue weighted by Crippen LogP contribution is -2.17. The lowest BCUT2D eigenvalue weighted by Gasteiger charge is -2.15. The van der Waals surface area contributed by atoms with Crippen LogP contribution in [0.5, 0.6) is 5.75 Å². The number of carbonyl (C=O) groups is 2. The van der Waals surface area contributed by atoms with E-state index in [-0.39, 0.29) is 29.9 Å². The van der Waals surface area contributed by atoms with E-state index >= 15 is 0 Å². The maximum Gasteiger partial charge on any atom is 0.376 e. The van der Waals surface area contributed by atoms with E-state index < -0.39 is 28.8 Å². The second-order valence-corrected chi connectivity index (χ2v) is 7.92. The number of hydrogen-bond donors (Lipinski definition) is 2. The molecule has 1 aromatic heterocycles. The van der Waals surface area contributed by atoms with Crippen molar-refractivity contribution >= 4 is 28.4 Å². The van der Waals surface area contributed by atoms with Gasteiger partial charge in [0.15, 0.2) is 5.43 Å². The molecule has 0 radical (unpaired) electrons. The molecule has 0 atom stereocenters. The van der Waals surface area contributed by atoms with Crippen LogP contribution in [0.1, 0.15) is 16.7 Å². The van der Waals surface area contributed by atoms with Gasteiger partial charge in [-0.3, -0.25) is 9.59 Å². The van der Waals surface area contributed by atoms with E-state index in [0.29, 0.717) is 28.5 Å². The van der Waals surface area contributed by atoms with Gasteiger partial charge in [0, 0.05) is 18.8 Å². The first-order valence-corrected chi connectivity index (χ1v) is 10.7. The summed E-state index contributed by atoms with van der Waals surface area (Å²) in [6, 6.07) is 16.1. The summed E-state index contributed by atoms with van der Waals surface area (Å²) in [6.07, 6.45) is 1.76. The Morgan fingerprint density at radius 1 is 0.889 bits per heavy atom. The molecule has 9 heteroatoms. The van der Waals surface area contributed by atoms with Gasteiger partial charge < -0.3 is 19.5 Å². The molecule has 0 saturated heterocycles. The molecule has 182 valence electrons. The monoisotopic (exact) mass is 491 g/mol. The first-order chi connectivity index (χ1) is 17.2. The summed E-state index contributed by atoms with van der Waals surface area (Å²) in [4.78, 5) is 35.7. The van der Waals surface area contributed by atoms with Crippen LogP contribution in [0.4, 0.5) is 8.78 Å². The number of aliphatic hydroxyl groups is 1. The number of ether oxygens (including phenoxy) is 1. The molecule has 0 saturated carbocycles. The smallest absolute Gasteiger partial charge is 0.376 e. The van der Waals surface area contributed by atoms with Gasteiger partial charge in [0.1, 0.15) is 29.8 Å². The zero-order valence-corrected chi connectivity index (χ0v) is 18.7. The summed E-state index contributed by atoms with van der Waals surface area (Å²) in [5, 5.41) is 19.4. The summed E-state index contributed by atoms with van der Waals surface area (Å²) in [7, 11) is 0. The molecule has 0 spiro atoms. The topological polar surface area (TPSA) is 106 Å². The van der Waals surface area contributed by atoms with Gasteiger partial charge >= 0.3 is 5.97 Å². The number of ketones is 1. The Labute approximate surface area is 203 Å². The third-order valence-corrected chi connectivity index (χ3v) is 5.39. The van der Waals surface area contributed by atoms with Gasteiger partial charge in [0.2, 0.25) is 0 Å². The highest BCUT2D eigenvalue weighted by Crippen LogP contribution is 2.23. The van der Waals surface area contributed by atoms with E-state index in [1.165, 1.54) is 36.5 Å². The Morgan fingerprint density at radius 2 is 1.50 bits per heavy atom. The fourth-order valence-electron chi connectivity index (χ4n) is 3.58. The Kier molecular flexibility index (Phi) is 6.91. The van der Waals surface area contributed by atoms with Gasteiger partial charge in [0.25, 0.3) is 5.78 Å². The van der Waals surface area contributed by atoms with Gasteiger partial charge in [-0.2, -0.15) is 0 Å². The summed E-state index contributed by atoms with van der Waals surface area (Å²) in [6.45, 7) is 0.285. The minimum Gasteiger partial charge on any atom is -0.507 e. The summed E-state index contributed by atoms with van der Waals surface area (Å²) in [5.41, 5.74) is 0.898. The van der Waals surface area contributed by atoms with Crippen LogP contribution in [0.15, 0.2) is 83.8 Å². The molecule has 2 N–H and O–H groups in total. The molecule has 0 aliphatic heterocycles. The molecule has 1 heterocycles. The molecule has 0 unspecified atom stereocenters. The highest BCUT2D eigenvalue weighted by atomic mass is 19.1. The minimum absolute atomic E-state index is 0.105. The Hall–Kier alpha value is -4.79. The Balaban J connectivity index is 1.78. The number of hydrogen-bond acceptors (Lipinski definition) is 5. The van der Waals surface area contributed by atoms with Crippen molar-refractivity contribution in [2.75, 3.05) is 0 Å². The summed E-state index contributed by atoms with van der Waals surface area (Å²) < 4.78 is 33.8. The van der Waals surface area contributed by atoms with Crippen molar-refractivity contribution in [1.29, 1.82) is 0 Å². The lowest BCUT2D eigenvalue weighted by atomic mass is 10.1. The molecule has 4 rings (SSSR count).